The van der Waals surface area contributed by atoms with Crippen LogP contribution in [0.5, 0.6) is 5.75 Å². The molecular formula is C20H25NO3. The molecule has 24 heavy (non-hydrogen) atoms. The molecule has 0 N–H and O–H groups in total. The zero-order chi connectivity index (χ0) is 17.2. The van der Waals surface area contributed by atoms with E-state index in [0.717, 1.165) is 29.8 Å². The van der Waals surface area contributed by atoms with E-state index in [1.165, 1.54) is 5.56 Å². The third kappa shape index (κ3) is 6.03. The lowest BCUT2D eigenvalue weighted by Gasteiger charge is -2.07. The molecule has 2 aromatic rings. The van der Waals surface area contributed by atoms with Gasteiger partial charge in [0.05, 0.1) is 13.2 Å². The molecule has 0 fully saturated rings. The van der Waals surface area contributed by atoms with Crippen molar-refractivity contribution in [3.05, 3.63) is 59.4 Å². The number of carbonyl (C=O) groups is 1. The van der Waals surface area contributed by atoms with Crippen LogP contribution in [0.2, 0.25) is 0 Å². The number of nitrogens with zero attached hydrogens (tertiary/aromatic N) is 1. The van der Waals surface area contributed by atoms with Gasteiger partial charge in [-0.2, -0.15) is 0 Å². The van der Waals surface area contributed by atoms with Gasteiger partial charge in [-0.3, -0.25) is 9.78 Å². The van der Waals surface area contributed by atoms with Gasteiger partial charge in [0.15, 0.2) is 0 Å². The molecule has 4 nitrogen and oxygen atoms in total. The van der Waals surface area contributed by atoms with Crippen LogP contribution in [-0.4, -0.2) is 24.2 Å². The number of pyridine rings is 1. The minimum Gasteiger partial charge on any atom is -0.493 e. The summed E-state index contributed by atoms with van der Waals surface area (Å²) in [5.41, 5.74) is 3.39. The summed E-state index contributed by atoms with van der Waals surface area (Å²) in [6.07, 6.45) is 4.81. The van der Waals surface area contributed by atoms with Crippen molar-refractivity contribution in [2.45, 2.75) is 39.5 Å². The number of rotatable bonds is 9. The van der Waals surface area contributed by atoms with E-state index in [1.54, 1.807) is 0 Å². The molecule has 0 aliphatic heterocycles. The van der Waals surface area contributed by atoms with Crippen LogP contribution in [-0.2, 0) is 28.8 Å². The molecule has 0 amide bonds. The van der Waals surface area contributed by atoms with Gasteiger partial charge in [-0.05, 0) is 49.1 Å². The van der Waals surface area contributed by atoms with Crippen molar-refractivity contribution in [1.82, 2.24) is 4.98 Å². The average Bonchev–Trinajstić information content (AvgIpc) is 2.62. The lowest BCUT2D eigenvalue weighted by molar-refractivity contribution is -0.143. The Labute approximate surface area is 143 Å². The van der Waals surface area contributed by atoms with Crippen molar-refractivity contribution in [1.29, 1.82) is 0 Å². The number of carbonyl (C=O) groups excluding carboxylic acids is 1. The van der Waals surface area contributed by atoms with E-state index in [9.17, 15) is 4.79 Å². The van der Waals surface area contributed by atoms with Gasteiger partial charge < -0.3 is 9.47 Å². The SMILES string of the molecule is CCOC(=O)CCc1ccc(OCCc2ccc(CC)cn2)cc1. The summed E-state index contributed by atoms with van der Waals surface area (Å²) in [6, 6.07) is 12.0. The van der Waals surface area contributed by atoms with Gasteiger partial charge in [0.1, 0.15) is 5.75 Å². The molecule has 1 aromatic carbocycles. The molecule has 0 saturated heterocycles. The molecule has 0 atom stereocenters. The first kappa shape index (κ1) is 18.0. The summed E-state index contributed by atoms with van der Waals surface area (Å²) < 4.78 is 10.7. The second kappa shape index (κ2) is 9.71. The largest absolute Gasteiger partial charge is 0.493 e. The lowest BCUT2D eigenvalue weighted by Crippen LogP contribution is -2.05. The fourth-order valence-corrected chi connectivity index (χ4v) is 2.32. The molecule has 1 heterocycles. The van der Waals surface area contributed by atoms with E-state index in [4.69, 9.17) is 9.47 Å². The van der Waals surface area contributed by atoms with Gasteiger partial charge in [-0.1, -0.05) is 25.1 Å². The van der Waals surface area contributed by atoms with Crippen LogP contribution in [0.1, 0.15) is 37.1 Å². The van der Waals surface area contributed by atoms with Gasteiger partial charge in [-0.15, -0.1) is 0 Å². The highest BCUT2D eigenvalue weighted by Crippen LogP contribution is 2.14. The van der Waals surface area contributed by atoms with Gasteiger partial charge in [0, 0.05) is 24.7 Å². The molecule has 0 radical (unpaired) electrons. The van der Waals surface area contributed by atoms with E-state index in [2.05, 4.69) is 24.0 Å². The minimum absolute atomic E-state index is 0.153. The monoisotopic (exact) mass is 327 g/mol. The van der Waals surface area contributed by atoms with Crippen molar-refractivity contribution in [2.24, 2.45) is 0 Å². The van der Waals surface area contributed by atoms with E-state index < -0.39 is 0 Å². The number of aryl methyl sites for hydroxylation is 2. The first-order valence-corrected chi connectivity index (χ1v) is 8.52. The molecule has 0 aliphatic rings. The summed E-state index contributed by atoms with van der Waals surface area (Å²) in [4.78, 5) is 15.8. The van der Waals surface area contributed by atoms with E-state index in [0.29, 0.717) is 26.1 Å². The Hall–Kier alpha value is -2.36. The quantitative estimate of drug-likeness (QED) is 0.658. The number of benzene rings is 1. The normalized spacial score (nSPS) is 10.4. The van der Waals surface area contributed by atoms with E-state index in [-0.39, 0.29) is 5.97 Å². The topological polar surface area (TPSA) is 48.4 Å². The van der Waals surface area contributed by atoms with Gasteiger partial charge in [-0.25, -0.2) is 0 Å². The van der Waals surface area contributed by atoms with E-state index >= 15 is 0 Å². The van der Waals surface area contributed by atoms with Crippen molar-refractivity contribution >= 4 is 5.97 Å². The fourth-order valence-electron chi connectivity index (χ4n) is 2.32. The van der Waals surface area contributed by atoms with Crippen molar-refractivity contribution in [3.63, 3.8) is 0 Å². The molecule has 0 spiro atoms. The van der Waals surface area contributed by atoms with Crippen LogP contribution in [0.25, 0.3) is 0 Å². The summed E-state index contributed by atoms with van der Waals surface area (Å²) >= 11 is 0. The maximum Gasteiger partial charge on any atom is 0.306 e. The van der Waals surface area contributed by atoms with Crippen LogP contribution < -0.4 is 4.74 Å². The first-order valence-electron chi connectivity index (χ1n) is 8.52. The fraction of sp³-hybridized carbons (Fsp3) is 0.400. The van der Waals surface area contributed by atoms with Crippen molar-refractivity contribution < 1.29 is 14.3 Å². The summed E-state index contributed by atoms with van der Waals surface area (Å²) in [6.45, 7) is 4.97. The average molecular weight is 327 g/mol. The molecule has 1 aromatic heterocycles. The highest BCUT2D eigenvalue weighted by molar-refractivity contribution is 5.69. The second-order valence-electron chi connectivity index (χ2n) is 5.56. The smallest absolute Gasteiger partial charge is 0.306 e. The van der Waals surface area contributed by atoms with Crippen LogP contribution in [0.4, 0.5) is 0 Å². The Morgan fingerprint density at radius 2 is 1.75 bits per heavy atom. The van der Waals surface area contributed by atoms with Crippen LogP contribution >= 0.6 is 0 Å². The van der Waals surface area contributed by atoms with Gasteiger partial charge in [0.2, 0.25) is 0 Å². The van der Waals surface area contributed by atoms with Crippen molar-refractivity contribution in [3.8, 4) is 5.75 Å². The summed E-state index contributed by atoms with van der Waals surface area (Å²) in [5, 5.41) is 0. The molecular weight excluding hydrogens is 302 g/mol. The zero-order valence-corrected chi connectivity index (χ0v) is 14.5. The number of ether oxygens (including phenoxy) is 2. The molecule has 4 heteroatoms. The highest BCUT2D eigenvalue weighted by atomic mass is 16.5. The number of esters is 1. The Bertz CT molecular complexity index is 620. The Balaban J connectivity index is 1.73. The predicted molar refractivity (Wildman–Crippen MR) is 94.2 cm³/mol. The Morgan fingerprint density at radius 3 is 2.38 bits per heavy atom. The standard InChI is InChI=1S/C20H25NO3/c1-3-16-5-9-18(21-15-16)13-14-24-19-10-6-17(7-11-19)8-12-20(22)23-4-2/h5-7,9-11,15H,3-4,8,12-14H2,1-2H3. The molecule has 128 valence electrons. The highest BCUT2D eigenvalue weighted by Gasteiger charge is 2.03. The maximum atomic E-state index is 11.3. The number of hydrogen-bond acceptors (Lipinski definition) is 4. The third-order valence-electron chi connectivity index (χ3n) is 3.77. The van der Waals surface area contributed by atoms with Gasteiger partial charge >= 0.3 is 5.97 Å². The summed E-state index contributed by atoms with van der Waals surface area (Å²) in [5.74, 6) is 0.680. The number of hydrogen-bond donors (Lipinski definition) is 0. The van der Waals surface area contributed by atoms with Crippen LogP contribution in [0.3, 0.4) is 0 Å². The zero-order valence-electron chi connectivity index (χ0n) is 14.5. The summed E-state index contributed by atoms with van der Waals surface area (Å²) in [7, 11) is 0. The van der Waals surface area contributed by atoms with Crippen LogP contribution in [0, 0.1) is 0 Å². The third-order valence-corrected chi connectivity index (χ3v) is 3.77. The molecule has 0 aliphatic carbocycles. The Morgan fingerprint density at radius 1 is 1.00 bits per heavy atom. The first-order chi connectivity index (χ1) is 11.7. The Kier molecular flexibility index (Phi) is 7.27. The number of aromatic nitrogens is 1. The molecule has 2 rings (SSSR count). The maximum absolute atomic E-state index is 11.3. The van der Waals surface area contributed by atoms with E-state index in [1.807, 2.05) is 37.4 Å². The second-order valence-corrected chi connectivity index (χ2v) is 5.56. The van der Waals surface area contributed by atoms with Crippen molar-refractivity contribution in [2.75, 3.05) is 13.2 Å². The molecule has 0 bridgehead atoms. The van der Waals surface area contributed by atoms with Gasteiger partial charge in [0.25, 0.3) is 0 Å². The molecule has 0 unspecified atom stereocenters. The van der Waals surface area contributed by atoms with Crippen LogP contribution in [0.15, 0.2) is 42.6 Å². The lowest BCUT2D eigenvalue weighted by atomic mass is 10.1. The molecule has 0 saturated carbocycles. The minimum atomic E-state index is -0.153. The predicted octanol–water partition coefficient (Wildman–Crippen LogP) is 3.76.